The van der Waals surface area contributed by atoms with Gasteiger partial charge in [0.25, 0.3) is 0 Å². The summed E-state index contributed by atoms with van der Waals surface area (Å²) in [6, 6.07) is 21.4. The van der Waals surface area contributed by atoms with E-state index in [-0.39, 0.29) is 16.6 Å². The number of rotatable bonds is 13. The molecule has 4 nitrogen and oxygen atoms in total. The number of aromatic nitrogens is 1. The van der Waals surface area contributed by atoms with E-state index in [9.17, 15) is 9.90 Å². The molecular formula is C34H38ClNO3S2. The van der Waals surface area contributed by atoms with Gasteiger partial charge in [0.2, 0.25) is 0 Å². The van der Waals surface area contributed by atoms with Gasteiger partial charge in [0.15, 0.2) is 0 Å². The number of nitrogens with zero attached hydrogens (tertiary/aromatic N) is 1. The molecule has 216 valence electrons. The second-order valence-corrected chi connectivity index (χ2v) is 14.3. The van der Waals surface area contributed by atoms with Crippen molar-refractivity contribution in [2.75, 3.05) is 12.9 Å². The van der Waals surface area contributed by atoms with Gasteiger partial charge in [-0.1, -0.05) is 60.1 Å². The third-order valence-corrected chi connectivity index (χ3v) is 11.1. The Morgan fingerprint density at radius 3 is 2.68 bits per heavy atom. The fraction of sp³-hybridized carbons (Fsp3) is 0.412. The maximum absolute atomic E-state index is 12.1. The van der Waals surface area contributed by atoms with Gasteiger partial charge in [0.05, 0.1) is 34.4 Å². The van der Waals surface area contributed by atoms with E-state index in [0.717, 1.165) is 70.8 Å². The molecular weight excluding hydrogens is 570 g/mol. The third kappa shape index (κ3) is 7.72. The number of aliphatic hydroxyl groups is 1. The minimum atomic E-state index is -0.887. The number of fused-ring (bicyclic) bond motifs is 1. The summed E-state index contributed by atoms with van der Waals surface area (Å²) in [6.07, 6.45) is 6.23. The van der Waals surface area contributed by atoms with Gasteiger partial charge in [-0.3, -0.25) is 9.78 Å². The van der Waals surface area contributed by atoms with Crippen molar-refractivity contribution in [1.29, 1.82) is 0 Å². The first-order chi connectivity index (χ1) is 19.7. The molecule has 1 atom stereocenters. The van der Waals surface area contributed by atoms with Gasteiger partial charge in [-0.15, -0.1) is 11.3 Å². The van der Waals surface area contributed by atoms with Crippen molar-refractivity contribution in [1.82, 2.24) is 4.98 Å². The maximum atomic E-state index is 12.1. The highest BCUT2D eigenvalue weighted by molar-refractivity contribution is 7.99. The molecule has 5 rings (SSSR count). The van der Waals surface area contributed by atoms with Crippen LogP contribution in [0.15, 0.2) is 66.0 Å². The lowest BCUT2D eigenvalue weighted by Crippen LogP contribution is -2.18. The Kier molecular flexibility index (Phi) is 9.44. The van der Waals surface area contributed by atoms with Crippen LogP contribution in [-0.4, -0.2) is 28.9 Å². The zero-order valence-corrected chi connectivity index (χ0v) is 26.4. The molecule has 4 aromatic rings. The van der Waals surface area contributed by atoms with Crippen LogP contribution in [0.3, 0.4) is 0 Å². The largest absolute Gasteiger partial charge is 0.469 e. The Labute approximate surface area is 256 Å². The molecule has 0 saturated heterocycles. The van der Waals surface area contributed by atoms with Crippen molar-refractivity contribution >= 4 is 50.9 Å². The predicted molar refractivity (Wildman–Crippen MR) is 172 cm³/mol. The normalized spacial score (nSPS) is 15.1. The summed E-state index contributed by atoms with van der Waals surface area (Å²) in [4.78, 5) is 16.9. The molecule has 1 fully saturated rings. The average molecular weight is 608 g/mol. The number of ether oxygens (including phenoxy) is 1. The van der Waals surface area contributed by atoms with Gasteiger partial charge >= 0.3 is 5.97 Å². The molecule has 2 heterocycles. The predicted octanol–water partition coefficient (Wildman–Crippen LogP) is 8.71. The lowest BCUT2D eigenvalue weighted by atomic mass is 9.90. The lowest BCUT2D eigenvalue weighted by molar-refractivity contribution is -0.141. The molecule has 7 heteroatoms. The van der Waals surface area contributed by atoms with Crippen molar-refractivity contribution in [3.8, 4) is 0 Å². The number of thiophene rings is 1. The van der Waals surface area contributed by atoms with E-state index in [1.165, 1.54) is 23.8 Å². The van der Waals surface area contributed by atoms with E-state index in [4.69, 9.17) is 21.3 Å². The van der Waals surface area contributed by atoms with Crippen LogP contribution in [0.5, 0.6) is 0 Å². The van der Waals surface area contributed by atoms with E-state index in [1.54, 1.807) is 11.3 Å². The Morgan fingerprint density at radius 1 is 1.12 bits per heavy atom. The van der Waals surface area contributed by atoms with Gasteiger partial charge in [0.1, 0.15) is 0 Å². The van der Waals surface area contributed by atoms with Crippen molar-refractivity contribution in [2.24, 2.45) is 5.41 Å². The standard InChI is InChI=1S/C34H38ClNO3S2/c1-33(2,38)27-10-5-4-8-24(27)12-15-29(41-22-34(17-18-34)20-31(37)39-3)25-9-6-7-23(19-25)11-13-26-14-16-30-32(36-26)28(35)21-40-30/h4-10,14,16,19,21,29,38H,11-13,15,17-18,20,22H2,1-3H3/t29-/m1/s1. The van der Waals surface area contributed by atoms with Crippen LogP contribution in [0.1, 0.15) is 72.7 Å². The molecule has 0 radical (unpaired) electrons. The second-order valence-electron chi connectivity index (χ2n) is 11.8. The minimum Gasteiger partial charge on any atom is -0.469 e. The number of methoxy groups -OCH3 is 1. The summed E-state index contributed by atoms with van der Waals surface area (Å²) < 4.78 is 6.11. The zero-order valence-electron chi connectivity index (χ0n) is 24.0. The van der Waals surface area contributed by atoms with Gasteiger partial charge in [-0.2, -0.15) is 11.8 Å². The molecule has 2 aromatic carbocycles. The summed E-state index contributed by atoms with van der Waals surface area (Å²) in [5.74, 6) is 0.825. The average Bonchev–Trinajstić information content (AvgIpc) is 3.63. The first-order valence-electron chi connectivity index (χ1n) is 14.3. The number of halogens is 1. The fourth-order valence-corrected chi connectivity index (χ4v) is 8.12. The second kappa shape index (κ2) is 12.9. The Morgan fingerprint density at radius 2 is 1.93 bits per heavy atom. The number of pyridine rings is 1. The van der Waals surface area contributed by atoms with Gasteiger partial charge in [-0.25, -0.2) is 0 Å². The number of hydrogen-bond acceptors (Lipinski definition) is 6. The van der Waals surface area contributed by atoms with E-state index < -0.39 is 5.60 Å². The van der Waals surface area contributed by atoms with E-state index in [0.29, 0.717) is 6.42 Å². The van der Waals surface area contributed by atoms with E-state index in [2.05, 4.69) is 48.5 Å². The highest BCUT2D eigenvalue weighted by atomic mass is 35.5. The fourth-order valence-electron chi connectivity index (χ4n) is 5.46. The van der Waals surface area contributed by atoms with Crippen LogP contribution >= 0.6 is 34.7 Å². The monoisotopic (exact) mass is 607 g/mol. The van der Waals surface area contributed by atoms with Gasteiger partial charge < -0.3 is 9.84 Å². The van der Waals surface area contributed by atoms with Crippen LogP contribution in [0.2, 0.25) is 5.02 Å². The minimum absolute atomic E-state index is 0.0614. The van der Waals surface area contributed by atoms with Gasteiger partial charge in [-0.05, 0) is 92.2 Å². The maximum Gasteiger partial charge on any atom is 0.306 e. The van der Waals surface area contributed by atoms with Crippen LogP contribution in [0.4, 0.5) is 0 Å². The molecule has 0 aliphatic heterocycles. The van der Waals surface area contributed by atoms with Gasteiger partial charge in [0, 0.05) is 22.1 Å². The lowest BCUT2D eigenvalue weighted by Gasteiger charge is -2.24. The van der Waals surface area contributed by atoms with E-state index >= 15 is 0 Å². The third-order valence-electron chi connectivity index (χ3n) is 8.07. The van der Waals surface area contributed by atoms with Crippen LogP contribution in [-0.2, 0) is 34.4 Å². The van der Waals surface area contributed by atoms with E-state index in [1.807, 2.05) is 43.1 Å². The molecule has 41 heavy (non-hydrogen) atoms. The van der Waals surface area contributed by atoms with Crippen molar-refractivity contribution in [3.63, 3.8) is 0 Å². The van der Waals surface area contributed by atoms with Crippen molar-refractivity contribution in [3.05, 3.63) is 99.0 Å². The number of carbonyl (C=O) groups excluding carboxylic acids is 1. The number of carbonyl (C=O) groups is 1. The number of aryl methyl sites for hydroxylation is 3. The summed E-state index contributed by atoms with van der Waals surface area (Å²) in [6.45, 7) is 3.70. The van der Waals surface area contributed by atoms with Crippen molar-refractivity contribution in [2.45, 2.75) is 69.6 Å². The summed E-state index contributed by atoms with van der Waals surface area (Å²) in [5.41, 5.74) is 5.89. The molecule has 0 unspecified atom stereocenters. The Bertz CT molecular complexity index is 1510. The molecule has 1 N–H and O–H groups in total. The van der Waals surface area contributed by atoms with Crippen LogP contribution in [0, 0.1) is 5.41 Å². The number of benzene rings is 2. The van der Waals surface area contributed by atoms with Crippen LogP contribution < -0.4 is 0 Å². The quantitative estimate of drug-likeness (QED) is 0.154. The highest BCUT2D eigenvalue weighted by Crippen LogP contribution is 2.53. The number of hydrogen-bond donors (Lipinski definition) is 1. The summed E-state index contributed by atoms with van der Waals surface area (Å²) in [5, 5.41) is 13.7. The molecule has 1 aliphatic carbocycles. The highest BCUT2D eigenvalue weighted by Gasteiger charge is 2.45. The number of thioether (sulfide) groups is 1. The summed E-state index contributed by atoms with van der Waals surface area (Å²) in [7, 11) is 1.47. The Balaban J connectivity index is 1.33. The molecule has 0 spiro atoms. The SMILES string of the molecule is COC(=O)CC1(CS[C@H](CCc2ccccc2C(C)(C)O)c2cccc(CCc3ccc4scc(Cl)c4n3)c2)CC1. The number of esters is 1. The van der Waals surface area contributed by atoms with Crippen molar-refractivity contribution < 1.29 is 14.6 Å². The first-order valence-corrected chi connectivity index (χ1v) is 16.6. The summed E-state index contributed by atoms with van der Waals surface area (Å²) >= 11 is 9.92. The molecule has 1 aliphatic rings. The molecule has 1 saturated carbocycles. The Hall–Kier alpha value is -2.38. The van der Waals surface area contributed by atoms with Crippen LogP contribution in [0.25, 0.3) is 10.2 Å². The molecule has 0 amide bonds. The first kappa shape index (κ1) is 30.1. The molecule has 0 bridgehead atoms. The smallest absolute Gasteiger partial charge is 0.306 e. The topological polar surface area (TPSA) is 59.4 Å². The molecule has 2 aromatic heterocycles. The zero-order chi connectivity index (χ0) is 29.0.